The van der Waals surface area contributed by atoms with E-state index >= 15 is 0 Å². The van der Waals surface area contributed by atoms with Crippen LogP contribution in [-0.2, 0) is 0 Å². The average Bonchev–Trinajstić information content (AvgIpc) is 2.88. The molecule has 0 saturated carbocycles. The molecule has 0 spiro atoms. The molecule has 0 saturated heterocycles. The highest BCUT2D eigenvalue weighted by Crippen LogP contribution is 2.29. The van der Waals surface area contributed by atoms with E-state index < -0.39 is 0 Å². The summed E-state index contributed by atoms with van der Waals surface area (Å²) in [6.07, 6.45) is 0. The van der Waals surface area contributed by atoms with Gasteiger partial charge in [-0.1, -0.05) is 6.07 Å². The summed E-state index contributed by atoms with van der Waals surface area (Å²) in [6, 6.07) is 13.9. The van der Waals surface area contributed by atoms with Crippen molar-refractivity contribution in [3.8, 4) is 11.8 Å². The van der Waals surface area contributed by atoms with Crippen LogP contribution in [0.1, 0.15) is 23.7 Å². The molecule has 0 bridgehead atoms. The summed E-state index contributed by atoms with van der Waals surface area (Å²) in [5, 5.41) is 8.50. The summed E-state index contributed by atoms with van der Waals surface area (Å²) in [5.74, 6) is 0.194. The molecule has 3 nitrogen and oxygen atoms in total. The molecule has 1 atom stereocenters. The number of rotatable bonds is 2. The summed E-state index contributed by atoms with van der Waals surface area (Å²) in [7, 11) is 0. The molecule has 0 fully saturated rings. The normalized spacial score (nSPS) is 12.3. The third-order valence-corrected chi connectivity index (χ3v) is 3.47. The Morgan fingerprint density at radius 1 is 1.24 bits per heavy atom. The molecule has 104 valence electrons. The van der Waals surface area contributed by atoms with Gasteiger partial charge in [0.25, 0.3) is 0 Å². The van der Waals surface area contributed by atoms with E-state index in [1.54, 1.807) is 43.3 Å². The second-order valence-corrected chi connectivity index (χ2v) is 5.34. The second kappa shape index (κ2) is 5.19. The number of hydrogen-bond donors (Lipinski definition) is 0. The fraction of sp³-hybridized carbons (Fsp3) is 0.125. The van der Waals surface area contributed by atoms with E-state index in [9.17, 15) is 4.39 Å². The van der Waals surface area contributed by atoms with Crippen molar-refractivity contribution in [1.82, 2.24) is 9.55 Å². The van der Waals surface area contributed by atoms with Gasteiger partial charge in [-0.2, -0.15) is 5.26 Å². The standard InChI is InChI=1S/C16H11ClFN3/c1-10(17)16-20-15-13(18)3-2-4-14(15)21(16)12-7-5-11(9-19)6-8-12/h2-8,10H,1H3. The van der Waals surface area contributed by atoms with Crippen molar-refractivity contribution in [3.05, 3.63) is 59.7 Å². The van der Waals surface area contributed by atoms with Crippen LogP contribution in [-0.4, -0.2) is 9.55 Å². The Hall–Kier alpha value is -2.38. The van der Waals surface area contributed by atoms with Gasteiger partial charge in [-0.3, -0.25) is 4.57 Å². The minimum atomic E-state index is -0.376. The van der Waals surface area contributed by atoms with E-state index in [2.05, 4.69) is 11.1 Å². The topological polar surface area (TPSA) is 41.6 Å². The molecular formula is C16H11ClFN3. The highest BCUT2D eigenvalue weighted by molar-refractivity contribution is 6.20. The van der Waals surface area contributed by atoms with Gasteiger partial charge in [-0.05, 0) is 43.3 Å². The van der Waals surface area contributed by atoms with Gasteiger partial charge in [0.15, 0.2) is 5.82 Å². The van der Waals surface area contributed by atoms with Crippen molar-refractivity contribution in [2.45, 2.75) is 12.3 Å². The van der Waals surface area contributed by atoms with E-state index in [0.717, 1.165) is 5.69 Å². The first-order valence-corrected chi connectivity index (χ1v) is 6.87. The zero-order valence-electron chi connectivity index (χ0n) is 11.2. The number of nitrogens with zero attached hydrogens (tertiary/aromatic N) is 3. The van der Waals surface area contributed by atoms with Gasteiger partial charge in [0.2, 0.25) is 0 Å². The summed E-state index contributed by atoms with van der Waals surface area (Å²) in [6.45, 7) is 1.79. The lowest BCUT2D eigenvalue weighted by molar-refractivity contribution is 0.637. The maximum absolute atomic E-state index is 13.9. The van der Waals surface area contributed by atoms with Crippen LogP contribution in [0, 0.1) is 17.1 Å². The molecule has 2 aromatic carbocycles. The van der Waals surface area contributed by atoms with E-state index in [1.165, 1.54) is 6.07 Å². The van der Waals surface area contributed by atoms with Crippen molar-refractivity contribution >= 4 is 22.6 Å². The molecule has 0 amide bonds. The molecule has 0 N–H and O–H groups in total. The number of para-hydroxylation sites is 1. The molecule has 0 aliphatic heterocycles. The first-order valence-electron chi connectivity index (χ1n) is 6.43. The predicted octanol–water partition coefficient (Wildman–Crippen LogP) is 4.34. The van der Waals surface area contributed by atoms with Crippen molar-refractivity contribution in [2.75, 3.05) is 0 Å². The molecule has 3 rings (SSSR count). The molecule has 0 radical (unpaired) electrons. The molecule has 1 unspecified atom stereocenters. The maximum atomic E-state index is 13.9. The van der Waals surface area contributed by atoms with E-state index in [4.69, 9.17) is 16.9 Å². The quantitative estimate of drug-likeness (QED) is 0.661. The molecule has 0 aliphatic carbocycles. The van der Waals surface area contributed by atoms with Gasteiger partial charge in [0.05, 0.1) is 22.5 Å². The van der Waals surface area contributed by atoms with Crippen molar-refractivity contribution in [2.24, 2.45) is 0 Å². The van der Waals surface area contributed by atoms with Crippen LogP contribution in [0.5, 0.6) is 0 Å². The Kier molecular flexibility index (Phi) is 3.36. The van der Waals surface area contributed by atoms with Crippen molar-refractivity contribution < 1.29 is 4.39 Å². The average molecular weight is 300 g/mol. The first-order chi connectivity index (χ1) is 10.1. The fourth-order valence-electron chi connectivity index (χ4n) is 2.31. The number of alkyl halides is 1. The van der Waals surface area contributed by atoms with Crippen molar-refractivity contribution in [1.29, 1.82) is 5.26 Å². The van der Waals surface area contributed by atoms with Gasteiger partial charge >= 0.3 is 0 Å². The lowest BCUT2D eigenvalue weighted by Gasteiger charge is -2.10. The zero-order chi connectivity index (χ0) is 15.0. The Morgan fingerprint density at radius 2 is 1.95 bits per heavy atom. The Balaban J connectivity index is 2.31. The summed E-state index contributed by atoms with van der Waals surface area (Å²) in [5.41, 5.74) is 2.31. The monoisotopic (exact) mass is 299 g/mol. The summed E-state index contributed by atoms with van der Waals surface area (Å²) >= 11 is 6.18. The van der Waals surface area contributed by atoms with Crippen LogP contribution in [0.2, 0.25) is 0 Å². The Labute approximate surface area is 126 Å². The van der Waals surface area contributed by atoms with E-state index in [1.807, 2.05) is 4.57 Å². The summed E-state index contributed by atoms with van der Waals surface area (Å²) in [4.78, 5) is 4.32. The van der Waals surface area contributed by atoms with Crippen LogP contribution < -0.4 is 0 Å². The number of halogens is 2. The first kappa shape index (κ1) is 13.6. The minimum Gasteiger partial charge on any atom is -0.295 e. The van der Waals surface area contributed by atoms with E-state index in [0.29, 0.717) is 22.4 Å². The molecule has 1 aromatic heterocycles. The molecular weight excluding hydrogens is 289 g/mol. The van der Waals surface area contributed by atoms with Crippen LogP contribution in [0.4, 0.5) is 4.39 Å². The minimum absolute atomic E-state index is 0.296. The fourth-order valence-corrected chi connectivity index (χ4v) is 2.45. The number of aromatic nitrogens is 2. The number of imidazole rings is 1. The number of hydrogen-bond acceptors (Lipinski definition) is 2. The highest BCUT2D eigenvalue weighted by atomic mass is 35.5. The van der Waals surface area contributed by atoms with Crippen LogP contribution >= 0.6 is 11.6 Å². The molecule has 1 heterocycles. The van der Waals surface area contributed by atoms with Gasteiger partial charge in [-0.15, -0.1) is 11.6 Å². The predicted molar refractivity (Wildman–Crippen MR) is 80.0 cm³/mol. The third kappa shape index (κ3) is 2.26. The molecule has 0 aliphatic rings. The molecule has 21 heavy (non-hydrogen) atoms. The molecule has 5 heteroatoms. The lowest BCUT2D eigenvalue weighted by Crippen LogP contribution is -2.01. The zero-order valence-corrected chi connectivity index (χ0v) is 12.0. The molecule has 3 aromatic rings. The SMILES string of the molecule is CC(Cl)c1nc2c(F)cccc2n1-c1ccc(C#N)cc1. The van der Waals surface area contributed by atoms with Gasteiger partial charge in [-0.25, -0.2) is 9.37 Å². The Morgan fingerprint density at radius 3 is 2.57 bits per heavy atom. The van der Waals surface area contributed by atoms with Gasteiger partial charge < -0.3 is 0 Å². The Bertz CT molecular complexity index is 844. The lowest BCUT2D eigenvalue weighted by atomic mass is 10.2. The number of nitriles is 1. The highest BCUT2D eigenvalue weighted by Gasteiger charge is 2.18. The van der Waals surface area contributed by atoms with Gasteiger partial charge in [0.1, 0.15) is 11.3 Å². The number of fused-ring (bicyclic) bond motifs is 1. The van der Waals surface area contributed by atoms with Gasteiger partial charge in [0, 0.05) is 5.69 Å². The van der Waals surface area contributed by atoms with Crippen LogP contribution in [0.25, 0.3) is 16.7 Å². The second-order valence-electron chi connectivity index (χ2n) is 4.69. The third-order valence-electron chi connectivity index (χ3n) is 3.27. The van der Waals surface area contributed by atoms with E-state index in [-0.39, 0.29) is 11.2 Å². The smallest absolute Gasteiger partial charge is 0.151 e. The van der Waals surface area contributed by atoms with Crippen LogP contribution in [0.15, 0.2) is 42.5 Å². The maximum Gasteiger partial charge on any atom is 0.151 e. The summed E-state index contributed by atoms with van der Waals surface area (Å²) < 4.78 is 15.7. The largest absolute Gasteiger partial charge is 0.295 e. The van der Waals surface area contributed by atoms with Crippen molar-refractivity contribution in [3.63, 3.8) is 0 Å². The van der Waals surface area contributed by atoms with Crippen LogP contribution in [0.3, 0.4) is 0 Å². The number of benzene rings is 2.